The minimum atomic E-state index is -0.241. The number of rotatable bonds is 5. The third-order valence-corrected chi connectivity index (χ3v) is 3.91. The second-order valence-electron chi connectivity index (χ2n) is 6.88. The number of halogens is 1. The molecule has 0 aliphatic carbocycles. The van der Waals surface area contributed by atoms with Crippen molar-refractivity contribution in [3.8, 4) is 0 Å². The molecule has 2 rings (SSSR count). The van der Waals surface area contributed by atoms with E-state index in [1.807, 2.05) is 11.0 Å². The summed E-state index contributed by atoms with van der Waals surface area (Å²) in [4.78, 5) is 6.38. The highest BCUT2D eigenvalue weighted by molar-refractivity contribution is 5.98. The minimum absolute atomic E-state index is 0.214. The molecule has 0 unspecified atom stereocenters. The molecule has 0 saturated heterocycles. The van der Waals surface area contributed by atoms with Gasteiger partial charge in [0.1, 0.15) is 5.82 Å². The predicted octanol–water partition coefficient (Wildman–Crippen LogP) is 3.79. The van der Waals surface area contributed by atoms with Gasteiger partial charge >= 0.3 is 0 Å². The van der Waals surface area contributed by atoms with Crippen molar-refractivity contribution >= 4 is 11.6 Å². The molecule has 4 heteroatoms. The van der Waals surface area contributed by atoms with E-state index in [-0.39, 0.29) is 11.4 Å². The molecule has 0 aromatic heterocycles. The van der Waals surface area contributed by atoms with Gasteiger partial charge in [0.2, 0.25) is 0 Å². The Labute approximate surface area is 127 Å². The summed E-state index contributed by atoms with van der Waals surface area (Å²) in [5, 5.41) is 0. The lowest BCUT2D eigenvalue weighted by molar-refractivity contribution is 0.303. The molecule has 0 bridgehead atoms. The third kappa shape index (κ3) is 3.20. The summed E-state index contributed by atoms with van der Waals surface area (Å²) >= 11 is 0. The molecule has 0 amide bonds. The first-order valence-electron chi connectivity index (χ1n) is 7.70. The summed E-state index contributed by atoms with van der Waals surface area (Å²) in [6.45, 7) is 9.40. The van der Waals surface area contributed by atoms with Crippen LogP contribution >= 0.6 is 0 Å². The topological polar surface area (TPSA) is 41.6 Å². The maximum atomic E-state index is 14.3. The van der Waals surface area contributed by atoms with Crippen molar-refractivity contribution < 1.29 is 4.39 Å². The smallest absolute Gasteiger partial charge is 0.196 e. The van der Waals surface area contributed by atoms with Crippen LogP contribution in [0.15, 0.2) is 29.3 Å². The van der Waals surface area contributed by atoms with Crippen LogP contribution in [0.1, 0.15) is 40.5 Å². The Balaban J connectivity index is 2.46. The van der Waals surface area contributed by atoms with Crippen LogP contribution in [0.3, 0.4) is 0 Å². The molecular formula is C17H26FN3. The second-order valence-corrected chi connectivity index (χ2v) is 6.88. The number of nitrogens with zero attached hydrogens (tertiary/aromatic N) is 2. The summed E-state index contributed by atoms with van der Waals surface area (Å²) in [6, 6.07) is 6.82. The van der Waals surface area contributed by atoms with Crippen molar-refractivity contribution in [2.45, 2.75) is 46.1 Å². The summed E-state index contributed by atoms with van der Waals surface area (Å²) in [5.41, 5.74) is 6.44. The molecule has 3 nitrogen and oxygen atoms in total. The lowest BCUT2D eigenvalue weighted by atomic mass is 9.80. The monoisotopic (exact) mass is 291 g/mol. The molecule has 1 aliphatic heterocycles. The number of aliphatic imine (C=N–C) groups is 1. The van der Waals surface area contributed by atoms with E-state index in [9.17, 15) is 4.39 Å². The largest absolute Gasteiger partial charge is 0.369 e. The van der Waals surface area contributed by atoms with Crippen LogP contribution in [0.25, 0.3) is 0 Å². The molecule has 0 fully saturated rings. The first-order chi connectivity index (χ1) is 9.85. The summed E-state index contributed by atoms with van der Waals surface area (Å²) in [5.74, 6) is 1.19. The Morgan fingerprint density at radius 1 is 1.19 bits per heavy atom. The summed E-state index contributed by atoms with van der Waals surface area (Å²) in [6.07, 6.45) is 1.90. The van der Waals surface area contributed by atoms with Crippen LogP contribution in [0.5, 0.6) is 0 Å². The van der Waals surface area contributed by atoms with Gasteiger partial charge in [-0.2, -0.15) is 0 Å². The Bertz CT molecular complexity index is 513. The summed E-state index contributed by atoms with van der Waals surface area (Å²) < 4.78 is 14.3. The Morgan fingerprint density at radius 2 is 1.76 bits per heavy atom. The van der Waals surface area contributed by atoms with E-state index in [4.69, 9.17) is 5.73 Å². The van der Waals surface area contributed by atoms with Crippen molar-refractivity contribution in [2.24, 2.45) is 22.6 Å². The normalized spacial score (nSPS) is 17.7. The zero-order valence-corrected chi connectivity index (χ0v) is 13.4. The van der Waals surface area contributed by atoms with E-state index in [1.54, 1.807) is 12.1 Å². The van der Waals surface area contributed by atoms with E-state index >= 15 is 0 Å². The Hall–Kier alpha value is -1.58. The molecule has 0 radical (unpaired) electrons. The van der Waals surface area contributed by atoms with Gasteiger partial charge in [0.05, 0.1) is 17.8 Å². The number of anilines is 1. The highest BCUT2D eigenvalue weighted by Crippen LogP contribution is 2.39. The average Bonchev–Trinajstić information content (AvgIpc) is 2.66. The van der Waals surface area contributed by atoms with E-state index in [1.165, 1.54) is 6.07 Å². The van der Waals surface area contributed by atoms with Crippen LogP contribution in [-0.4, -0.2) is 18.0 Å². The van der Waals surface area contributed by atoms with Crippen molar-refractivity contribution in [2.75, 3.05) is 11.4 Å². The van der Waals surface area contributed by atoms with Crippen molar-refractivity contribution in [1.29, 1.82) is 0 Å². The number of para-hydroxylation sites is 1. The van der Waals surface area contributed by atoms with Gasteiger partial charge in [0.15, 0.2) is 5.96 Å². The zero-order valence-electron chi connectivity index (χ0n) is 13.4. The number of nitrogens with two attached hydrogens (primary N) is 1. The predicted molar refractivity (Wildman–Crippen MR) is 87.0 cm³/mol. The quantitative estimate of drug-likeness (QED) is 0.896. The van der Waals surface area contributed by atoms with Gasteiger partial charge in [-0.25, -0.2) is 4.39 Å². The van der Waals surface area contributed by atoms with Gasteiger partial charge in [-0.1, -0.05) is 39.8 Å². The van der Waals surface area contributed by atoms with Crippen LogP contribution in [0, 0.1) is 17.7 Å². The van der Waals surface area contributed by atoms with Crippen LogP contribution < -0.4 is 10.6 Å². The lowest BCUT2D eigenvalue weighted by Gasteiger charge is -2.42. The zero-order chi connectivity index (χ0) is 15.6. The molecule has 1 aromatic rings. The molecule has 0 atom stereocenters. The van der Waals surface area contributed by atoms with Gasteiger partial charge in [-0.3, -0.25) is 4.99 Å². The SMILES string of the molecule is CC(C)CC1(CC(C)C)CN=C(N)N1c1ccccc1F. The molecule has 0 spiro atoms. The second kappa shape index (κ2) is 6.04. The first-order valence-corrected chi connectivity index (χ1v) is 7.70. The maximum Gasteiger partial charge on any atom is 0.196 e. The number of guanidine groups is 1. The van der Waals surface area contributed by atoms with Crippen LogP contribution in [-0.2, 0) is 0 Å². The minimum Gasteiger partial charge on any atom is -0.369 e. The first kappa shape index (κ1) is 15.8. The van der Waals surface area contributed by atoms with E-state index in [0.717, 1.165) is 12.8 Å². The van der Waals surface area contributed by atoms with E-state index < -0.39 is 0 Å². The fourth-order valence-corrected chi connectivity index (χ4v) is 3.54. The Kier molecular flexibility index (Phi) is 4.55. The van der Waals surface area contributed by atoms with Crippen molar-refractivity contribution in [3.05, 3.63) is 30.1 Å². The molecule has 1 aromatic carbocycles. The lowest BCUT2D eigenvalue weighted by Crippen LogP contribution is -2.53. The van der Waals surface area contributed by atoms with E-state index in [2.05, 4.69) is 32.7 Å². The van der Waals surface area contributed by atoms with Gasteiger partial charge in [0.25, 0.3) is 0 Å². The maximum absolute atomic E-state index is 14.3. The number of hydrogen-bond acceptors (Lipinski definition) is 3. The molecule has 21 heavy (non-hydrogen) atoms. The highest BCUT2D eigenvalue weighted by Gasteiger charge is 2.44. The van der Waals surface area contributed by atoms with Crippen LogP contribution in [0.2, 0.25) is 0 Å². The standard InChI is InChI=1S/C17H26FN3/c1-12(2)9-17(10-13(3)4)11-20-16(19)21(17)15-8-6-5-7-14(15)18/h5-8,12-13H,9-11H2,1-4H3,(H2,19,20). The molecular weight excluding hydrogens is 265 g/mol. The average molecular weight is 291 g/mol. The molecule has 0 saturated carbocycles. The van der Waals surface area contributed by atoms with Crippen molar-refractivity contribution in [1.82, 2.24) is 0 Å². The van der Waals surface area contributed by atoms with Gasteiger partial charge in [-0.15, -0.1) is 0 Å². The fraction of sp³-hybridized carbons (Fsp3) is 0.588. The number of benzene rings is 1. The fourth-order valence-electron chi connectivity index (χ4n) is 3.54. The molecule has 1 heterocycles. The van der Waals surface area contributed by atoms with Crippen molar-refractivity contribution in [3.63, 3.8) is 0 Å². The molecule has 1 aliphatic rings. The third-order valence-electron chi connectivity index (χ3n) is 3.91. The van der Waals surface area contributed by atoms with E-state index in [0.29, 0.717) is 30.0 Å². The molecule has 116 valence electrons. The summed E-state index contributed by atoms with van der Waals surface area (Å²) in [7, 11) is 0. The van der Waals surface area contributed by atoms with Gasteiger partial charge < -0.3 is 10.6 Å². The Morgan fingerprint density at radius 3 is 2.29 bits per heavy atom. The van der Waals surface area contributed by atoms with Gasteiger partial charge in [0, 0.05) is 0 Å². The van der Waals surface area contributed by atoms with Crippen LogP contribution in [0.4, 0.5) is 10.1 Å². The molecule has 2 N–H and O–H groups in total. The van der Waals surface area contributed by atoms with Gasteiger partial charge in [-0.05, 0) is 36.8 Å². The number of hydrogen-bond donors (Lipinski definition) is 1. The highest BCUT2D eigenvalue weighted by atomic mass is 19.1.